The highest BCUT2D eigenvalue weighted by Gasteiger charge is 2.57. The van der Waals surface area contributed by atoms with Crippen molar-refractivity contribution in [2.75, 3.05) is 33.3 Å². The molecular weight excluding hydrogens is 292 g/mol. The van der Waals surface area contributed by atoms with Gasteiger partial charge in [-0.15, -0.1) is 0 Å². The lowest BCUT2D eigenvalue weighted by atomic mass is 9.89. The second-order valence-corrected chi connectivity index (χ2v) is 6.20. The van der Waals surface area contributed by atoms with E-state index >= 15 is 0 Å². The Morgan fingerprint density at radius 2 is 2.32 bits per heavy atom. The number of nitrogens with one attached hydrogen (secondary N) is 1. The largest absolute Gasteiger partial charge is 0.461 e. The molecule has 7 heteroatoms. The van der Waals surface area contributed by atoms with Crippen molar-refractivity contribution in [3.05, 3.63) is 12.7 Å². The quantitative estimate of drug-likeness (QED) is 0.590. The summed E-state index contributed by atoms with van der Waals surface area (Å²) >= 11 is 0. The Bertz CT molecular complexity index is 548. The maximum atomic E-state index is 14.3. The zero-order valence-corrected chi connectivity index (χ0v) is 13.1. The highest BCUT2D eigenvalue weighted by atomic mass is 19.3. The van der Waals surface area contributed by atoms with E-state index < -0.39 is 48.8 Å². The number of hydrazine groups is 1. The lowest BCUT2D eigenvalue weighted by Gasteiger charge is -2.34. The van der Waals surface area contributed by atoms with Crippen molar-refractivity contribution in [3.63, 3.8) is 0 Å². The van der Waals surface area contributed by atoms with Gasteiger partial charge in [0.2, 0.25) is 0 Å². The number of ether oxygens (including phenoxy) is 1. The second kappa shape index (κ2) is 6.22. The SMILES string of the molecule is [2H]C(N1[C@@H]2[C@H](CN1C)NCC2(F)F)C([2H])([2H])C(C)(C)C(=O)OCC=C. The van der Waals surface area contributed by atoms with Gasteiger partial charge in [0.1, 0.15) is 12.6 Å². The van der Waals surface area contributed by atoms with E-state index in [-0.39, 0.29) is 13.2 Å². The third-order valence-corrected chi connectivity index (χ3v) is 3.95. The normalized spacial score (nSPS) is 32.7. The molecule has 0 aromatic rings. The maximum Gasteiger partial charge on any atom is 0.311 e. The standard InChI is InChI=1S/C15H25F2N3O2/c1-5-8-22-13(21)14(2,3)6-7-20-12-11(9-19(20)4)18-10-15(12,16)17/h5,11-12,18H,1,6-10H2,2-4H3/t11-,12+/m0/s1/i6D2,7D/t7?,11-,12+. The predicted molar refractivity (Wildman–Crippen MR) is 79.4 cm³/mol. The Kier molecular flexibility index (Phi) is 3.78. The minimum absolute atomic E-state index is 0.0860. The summed E-state index contributed by atoms with van der Waals surface area (Å²) in [5.74, 6) is -3.93. The van der Waals surface area contributed by atoms with E-state index in [1.54, 1.807) is 0 Å². The number of halogens is 2. The molecular formula is C15H25F2N3O2. The molecule has 0 bridgehead atoms. The van der Waals surface area contributed by atoms with Crippen molar-refractivity contribution >= 4 is 5.97 Å². The molecule has 3 atom stereocenters. The van der Waals surface area contributed by atoms with Crippen LogP contribution < -0.4 is 5.32 Å². The summed E-state index contributed by atoms with van der Waals surface area (Å²) in [7, 11) is 1.54. The van der Waals surface area contributed by atoms with Crippen LogP contribution in [-0.2, 0) is 9.53 Å². The van der Waals surface area contributed by atoms with E-state index in [0.29, 0.717) is 0 Å². The molecule has 126 valence electrons. The molecule has 0 saturated carbocycles. The Balaban J connectivity index is 2.29. The fourth-order valence-corrected chi connectivity index (χ4v) is 2.69. The van der Waals surface area contributed by atoms with Crippen molar-refractivity contribution in [1.29, 1.82) is 0 Å². The molecule has 2 saturated heterocycles. The van der Waals surface area contributed by atoms with E-state index in [2.05, 4.69) is 11.9 Å². The zero-order chi connectivity index (χ0) is 19.2. The van der Waals surface area contributed by atoms with Gasteiger partial charge >= 0.3 is 5.97 Å². The van der Waals surface area contributed by atoms with Crippen molar-refractivity contribution < 1.29 is 22.4 Å². The summed E-state index contributed by atoms with van der Waals surface area (Å²) in [4.78, 5) is 12.2. The summed E-state index contributed by atoms with van der Waals surface area (Å²) in [6.07, 6.45) is -1.08. The average molecular weight is 320 g/mol. The first-order valence-corrected chi connectivity index (χ1v) is 7.19. The van der Waals surface area contributed by atoms with Gasteiger partial charge in [-0.1, -0.05) is 12.7 Å². The first-order valence-electron chi connectivity index (χ1n) is 8.76. The summed E-state index contributed by atoms with van der Waals surface area (Å²) in [5.41, 5.74) is -1.71. The van der Waals surface area contributed by atoms with Crippen LogP contribution in [0.25, 0.3) is 0 Å². The van der Waals surface area contributed by atoms with Gasteiger partial charge in [-0.25, -0.2) is 18.8 Å². The zero-order valence-electron chi connectivity index (χ0n) is 16.1. The van der Waals surface area contributed by atoms with Crippen molar-refractivity contribution in [1.82, 2.24) is 15.3 Å². The number of likely N-dealkylation sites (N-methyl/N-ethyl adjacent to an activating group) is 1. The van der Waals surface area contributed by atoms with Crippen molar-refractivity contribution in [2.24, 2.45) is 5.41 Å². The highest BCUT2D eigenvalue weighted by molar-refractivity contribution is 5.75. The van der Waals surface area contributed by atoms with E-state index in [0.717, 1.165) is 5.01 Å². The first-order chi connectivity index (χ1) is 11.4. The molecule has 2 fully saturated rings. The molecule has 2 heterocycles. The third-order valence-electron chi connectivity index (χ3n) is 3.95. The predicted octanol–water partition coefficient (Wildman–Crippen LogP) is 1.27. The molecule has 0 amide bonds. The molecule has 0 aromatic heterocycles. The maximum absolute atomic E-state index is 14.3. The monoisotopic (exact) mass is 320 g/mol. The fraction of sp³-hybridized carbons (Fsp3) is 0.800. The lowest BCUT2D eigenvalue weighted by molar-refractivity contribution is -0.154. The van der Waals surface area contributed by atoms with Crippen molar-refractivity contribution in [3.8, 4) is 0 Å². The second-order valence-electron chi connectivity index (χ2n) is 6.20. The molecule has 1 unspecified atom stereocenters. The van der Waals surface area contributed by atoms with Crippen LogP contribution in [0.4, 0.5) is 8.78 Å². The van der Waals surface area contributed by atoms with Crippen LogP contribution in [-0.4, -0.2) is 67.3 Å². The number of esters is 1. The summed E-state index contributed by atoms with van der Waals surface area (Å²) in [5, 5.41) is 5.20. The molecule has 0 radical (unpaired) electrons. The molecule has 2 aliphatic rings. The number of carbonyl (C=O) groups excluding carboxylic acids is 1. The van der Waals surface area contributed by atoms with Gasteiger partial charge in [0, 0.05) is 30.3 Å². The van der Waals surface area contributed by atoms with Gasteiger partial charge in [-0.3, -0.25) is 4.79 Å². The molecule has 1 N–H and O–H groups in total. The molecule has 0 aromatic carbocycles. The van der Waals surface area contributed by atoms with Gasteiger partial charge in [0.05, 0.1) is 12.0 Å². The average Bonchev–Trinajstić information content (AvgIpc) is 3.00. The van der Waals surface area contributed by atoms with Crippen LogP contribution >= 0.6 is 0 Å². The summed E-state index contributed by atoms with van der Waals surface area (Å²) < 4.78 is 58.5. The smallest absolute Gasteiger partial charge is 0.311 e. The minimum Gasteiger partial charge on any atom is -0.461 e. The van der Waals surface area contributed by atoms with Gasteiger partial charge in [0.15, 0.2) is 0 Å². The molecule has 0 aliphatic carbocycles. The van der Waals surface area contributed by atoms with Gasteiger partial charge in [0.25, 0.3) is 5.92 Å². The van der Waals surface area contributed by atoms with Crippen LogP contribution in [0.2, 0.25) is 0 Å². The Labute approximate surface area is 134 Å². The van der Waals surface area contributed by atoms with E-state index in [1.807, 2.05) is 0 Å². The van der Waals surface area contributed by atoms with Crippen LogP contribution in [0.15, 0.2) is 12.7 Å². The Morgan fingerprint density at radius 3 is 2.95 bits per heavy atom. The molecule has 2 rings (SSSR count). The van der Waals surface area contributed by atoms with Crippen LogP contribution in [0, 0.1) is 5.41 Å². The van der Waals surface area contributed by atoms with Crippen LogP contribution in [0.1, 0.15) is 24.3 Å². The summed E-state index contributed by atoms with van der Waals surface area (Å²) in [6, 6.07) is -1.88. The number of hydrogen-bond donors (Lipinski definition) is 1. The minimum atomic E-state index is -3.09. The molecule has 2 aliphatic heterocycles. The number of alkyl halides is 2. The van der Waals surface area contributed by atoms with Crippen LogP contribution in [0.5, 0.6) is 0 Å². The van der Waals surface area contributed by atoms with Gasteiger partial charge in [-0.2, -0.15) is 0 Å². The number of hydrogen-bond acceptors (Lipinski definition) is 5. The number of fused-ring (bicyclic) bond motifs is 1. The van der Waals surface area contributed by atoms with Gasteiger partial charge < -0.3 is 10.1 Å². The van der Waals surface area contributed by atoms with Crippen LogP contribution in [0.3, 0.4) is 0 Å². The topological polar surface area (TPSA) is 44.8 Å². The van der Waals surface area contributed by atoms with E-state index in [1.165, 1.54) is 32.0 Å². The molecule has 22 heavy (non-hydrogen) atoms. The van der Waals surface area contributed by atoms with Crippen molar-refractivity contribution in [2.45, 2.75) is 38.2 Å². The summed E-state index contributed by atoms with van der Waals surface area (Å²) in [6.45, 7) is 4.01. The first kappa shape index (κ1) is 13.4. The highest BCUT2D eigenvalue weighted by Crippen LogP contribution is 2.36. The van der Waals surface area contributed by atoms with E-state index in [9.17, 15) is 13.6 Å². The molecule has 0 spiro atoms. The Morgan fingerprint density at radius 1 is 1.64 bits per heavy atom. The number of rotatable bonds is 6. The number of nitrogens with zero attached hydrogens (tertiary/aromatic N) is 2. The van der Waals surface area contributed by atoms with Gasteiger partial charge in [-0.05, 0) is 20.2 Å². The lowest BCUT2D eigenvalue weighted by Crippen LogP contribution is -2.50. The fourth-order valence-electron chi connectivity index (χ4n) is 2.69. The third kappa shape index (κ3) is 3.31. The Hall–Kier alpha value is -1.05. The number of carbonyl (C=O) groups is 1. The van der Waals surface area contributed by atoms with E-state index in [4.69, 9.17) is 8.85 Å². The molecule has 5 nitrogen and oxygen atoms in total.